The zero-order valence-electron chi connectivity index (χ0n) is 9.91. The summed E-state index contributed by atoms with van der Waals surface area (Å²) in [4.78, 5) is 22.5. The van der Waals surface area contributed by atoms with E-state index in [2.05, 4.69) is 6.92 Å². The first kappa shape index (κ1) is 11.4. The van der Waals surface area contributed by atoms with Gasteiger partial charge in [0.25, 0.3) is 0 Å². The van der Waals surface area contributed by atoms with E-state index in [9.17, 15) is 9.59 Å². The lowest BCUT2D eigenvalue weighted by Crippen LogP contribution is -2.42. The third-order valence-electron chi connectivity index (χ3n) is 3.89. The molecule has 3 nitrogen and oxygen atoms in total. The highest BCUT2D eigenvalue weighted by Gasteiger charge is 2.44. The maximum absolute atomic E-state index is 11.4. The molecule has 2 aliphatic rings. The van der Waals surface area contributed by atoms with Gasteiger partial charge in [-0.05, 0) is 31.8 Å². The van der Waals surface area contributed by atoms with Crippen LogP contribution in [0.2, 0.25) is 0 Å². The first-order chi connectivity index (χ1) is 7.52. The number of hydrogen-bond donors (Lipinski definition) is 0. The maximum atomic E-state index is 11.4. The molecule has 88 valence electrons. The summed E-state index contributed by atoms with van der Waals surface area (Å²) < 4.78 is 5.41. The quantitative estimate of drug-likeness (QED) is 0.640. The first-order valence-corrected chi connectivity index (χ1v) is 5.93. The largest absolute Gasteiger partial charge is 0.462 e. The van der Waals surface area contributed by atoms with Crippen LogP contribution < -0.4 is 0 Å². The SMILES string of the molecule is CC(=O)O[C@@H]1CCCC2=CC(=O)CC[C@]21C. The normalized spacial score (nSPS) is 34.0. The van der Waals surface area contributed by atoms with E-state index in [1.54, 1.807) is 6.08 Å². The van der Waals surface area contributed by atoms with Crippen molar-refractivity contribution >= 4 is 11.8 Å². The highest BCUT2D eigenvalue weighted by molar-refractivity contribution is 5.91. The number of ketones is 1. The fraction of sp³-hybridized carbons (Fsp3) is 0.692. The summed E-state index contributed by atoms with van der Waals surface area (Å²) in [5.41, 5.74) is 1.08. The predicted octanol–water partition coefficient (Wildman–Crippen LogP) is 2.40. The number of fused-ring (bicyclic) bond motifs is 1. The van der Waals surface area contributed by atoms with Crippen molar-refractivity contribution in [1.29, 1.82) is 0 Å². The summed E-state index contributed by atoms with van der Waals surface area (Å²) in [5, 5.41) is 0. The molecule has 0 spiro atoms. The van der Waals surface area contributed by atoms with E-state index >= 15 is 0 Å². The van der Waals surface area contributed by atoms with Gasteiger partial charge in [0.1, 0.15) is 6.10 Å². The molecule has 0 N–H and O–H groups in total. The molecular formula is C13H18O3. The topological polar surface area (TPSA) is 43.4 Å². The second-order valence-electron chi connectivity index (χ2n) is 5.04. The van der Waals surface area contributed by atoms with Gasteiger partial charge in [0.05, 0.1) is 0 Å². The molecule has 3 heteroatoms. The van der Waals surface area contributed by atoms with E-state index < -0.39 is 0 Å². The van der Waals surface area contributed by atoms with Crippen LogP contribution >= 0.6 is 0 Å². The monoisotopic (exact) mass is 222 g/mol. The lowest BCUT2D eigenvalue weighted by atomic mass is 9.64. The van der Waals surface area contributed by atoms with Crippen molar-refractivity contribution in [3.8, 4) is 0 Å². The van der Waals surface area contributed by atoms with Crippen molar-refractivity contribution in [3.63, 3.8) is 0 Å². The third-order valence-corrected chi connectivity index (χ3v) is 3.89. The van der Waals surface area contributed by atoms with Gasteiger partial charge in [0, 0.05) is 18.8 Å². The molecular weight excluding hydrogens is 204 g/mol. The van der Waals surface area contributed by atoms with Crippen LogP contribution in [0.3, 0.4) is 0 Å². The Labute approximate surface area is 95.9 Å². The number of ether oxygens (including phenoxy) is 1. The minimum Gasteiger partial charge on any atom is -0.462 e. The Bertz CT molecular complexity index is 356. The summed E-state index contributed by atoms with van der Waals surface area (Å²) in [6, 6.07) is 0. The van der Waals surface area contributed by atoms with Crippen LogP contribution in [0.15, 0.2) is 11.6 Å². The van der Waals surface area contributed by atoms with Crippen molar-refractivity contribution in [1.82, 2.24) is 0 Å². The van der Waals surface area contributed by atoms with Crippen molar-refractivity contribution in [2.24, 2.45) is 5.41 Å². The van der Waals surface area contributed by atoms with Gasteiger partial charge in [0.15, 0.2) is 5.78 Å². The average molecular weight is 222 g/mol. The molecule has 0 saturated heterocycles. The Hall–Kier alpha value is -1.12. The second-order valence-corrected chi connectivity index (χ2v) is 5.04. The molecule has 0 bridgehead atoms. The van der Waals surface area contributed by atoms with Gasteiger partial charge in [-0.1, -0.05) is 12.5 Å². The summed E-state index contributed by atoms with van der Waals surface area (Å²) in [6.07, 6.45) is 6.03. The standard InChI is InChI=1S/C13H18O3/c1-9(14)16-12-5-3-4-10-8-11(15)6-7-13(10,12)2/h8,12H,3-7H2,1-2H3/t12-,13-/m1/s1. The van der Waals surface area contributed by atoms with Gasteiger partial charge in [-0.3, -0.25) is 9.59 Å². The molecule has 0 amide bonds. The number of rotatable bonds is 1. The van der Waals surface area contributed by atoms with Crippen LogP contribution in [0.5, 0.6) is 0 Å². The minimum absolute atomic E-state index is 0.0434. The van der Waals surface area contributed by atoms with Crippen LogP contribution in [-0.2, 0) is 14.3 Å². The van der Waals surface area contributed by atoms with Crippen molar-refractivity contribution in [2.45, 2.75) is 52.1 Å². The molecule has 2 aliphatic carbocycles. The van der Waals surface area contributed by atoms with E-state index in [0.29, 0.717) is 6.42 Å². The molecule has 2 rings (SSSR count). The highest BCUT2D eigenvalue weighted by atomic mass is 16.5. The Balaban J connectivity index is 2.26. The van der Waals surface area contributed by atoms with Crippen molar-refractivity contribution in [2.75, 3.05) is 0 Å². The zero-order chi connectivity index (χ0) is 11.8. The first-order valence-electron chi connectivity index (χ1n) is 5.93. The highest BCUT2D eigenvalue weighted by Crippen LogP contribution is 2.47. The Morgan fingerprint density at radius 1 is 1.50 bits per heavy atom. The molecule has 16 heavy (non-hydrogen) atoms. The van der Waals surface area contributed by atoms with Gasteiger partial charge in [-0.25, -0.2) is 0 Å². The fourth-order valence-electron chi connectivity index (χ4n) is 2.89. The molecule has 0 aromatic rings. The Kier molecular flexibility index (Phi) is 2.87. The molecule has 0 aromatic heterocycles. The van der Waals surface area contributed by atoms with E-state index in [-0.39, 0.29) is 23.3 Å². The fourth-order valence-corrected chi connectivity index (χ4v) is 2.89. The van der Waals surface area contributed by atoms with Gasteiger partial charge < -0.3 is 4.74 Å². The van der Waals surface area contributed by atoms with Crippen LogP contribution in [-0.4, -0.2) is 17.9 Å². The van der Waals surface area contributed by atoms with Crippen LogP contribution in [0.25, 0.3) is 0 Å². The maximum Gasteiger partial charge on any atom is 0.302 e. The van der Waals surface area contributed by atoms with E-state index in [0.717, 1.165) is 25.7 Å². The van der Waals surface area contributed by atoms with Crippen LogP contribution in [0.1, 0.15) is 46.0 Å². The molecule has 0 radical (unpaired) electrons. The average Bonchev–Trinajstić information content (AvgIpc) is 2.20. The van der Waals surface area contributed by atoms with E-state index in [1.807, 2.05) is 0 Å². The molecule has 0 aromatic carbocycles. The molecule has 1 saturated carbocycles. The van der Waals surface area contributed by atoms with Gasteiger partial charge in [-0.15, -0.1) is 0 Å². The summed E-state index contributed by atoms with van der Waals surface area (Å²) in [6.45, 7) is 3.58. The number of allylic oxidation sites excluding steroid dienone is 1. The summed E-state index contributed by atoms with van der Waals surface area (Å²) in [7, 11) is 0. The lowest BCUT2D eigenvalue weighted by molar-refractivity contribution is -0.154. The van der Waals surface area contributed by atoms with Crippen molar-refractivity contribution < 1.29 is 14.3 Å². The Morgan fingerprint density at radius 2 is 2.25 bits per heavy atom. The number of esters is 1. The van der Waals surface area contributed by atoms with Crippen LogP contribution in [0, 0.1) is 5.41 Å². The summed E-state index contributed by atoms with van der Waals surface area (Å²) >= 11 is 0. The molecule has 2 atom stereocenters. The third kappa shape index (κ3) is 1.91. The Morgan fingerprint density at radius 3 is 2.94 bits per heavy atom. The molecule has 0 aliphatic heterocycles. The second kappa shape index (κ2) is 4.04. The number of carbonyl (C=O) groups excluding carboxylic acids is 2. The van der Waals surface area contributed by atoms with E-state index in [1.165, 1.54) is 12.5 Å². The van der Waals surface area contributed by atoms with Crippen LogP contribution in [0.4, 0.5) is 0 Å². The van der Waals surface area contributed by atoms with Gasteiger partial charge in [0.2, 0.25) is 0 Å². The number of hydrogen-bond acceptors (Lipinski definition) is 3. The minimum atomic E-state index is -0.218. The smallest absolute Gasteiger partial charge is 0.302 e. The lowest BCUT2D eigenvalue weighted by Gasteiger charge is -2.44. The zero-order valence-corrected chi connectivity index (χ0v) is 9.91. The van der Waals surface area contributed by atoms with Crippen molar-refractivity contribution in [3.05, 3.63) is 11.6 Å². The molecule has 0 heterocycles. The van der Waals surface area contributed by atoms with Gasteiger partial charge >= 0.3 is 5.97 Å². The summed E-state index contributed by atoms with van der Waals surface area (Å²) in [5.74, 6) is 0.000301. The predicted molar refractivity (Wildman–Crippen MR) is 59.8 cm³/mol. The molecule has 0 unspecified atom stereocenters. The molecule has 1 fully saturated rings. The van der Waals surface area contributed by atoms with Gasteiger partial charge in [-0.2, -0.15) is 0 Å². The van der Waals surface area contributed by atoms with E-state index in [4.69, 9.17) is 4.74 Å². The number of carbonyl (C=O) groups is 2.